The molecule has 3 fully saturated rings. The van der Waals surface area contributed by atoms with Crippen molar-refractivity contribution in [2.45, 2.75) is 90.6 Å². The minimum Gasteiger partial charge on any atom is -0.461 e. The van der Waals surface area contributed by atoms with Gasteiger partial charge in [-0.3, -0.25) is 19.2 Å². The molecule has 5 rings (SSSR count). The number of aliphatic hydroxyl groups is 1. The Hall–Kier alpha value is -4.59. The van der Waals surface area contributed by atoms with Crippen LogP contribution in [0.15, 0.2) is 48.1 Å². The second kappa shape index (κ2) is 14.7. The number of nitrogens with zero attached hydrogens (tertiary/aromatic N) is 1. The maximum atomic E-state index is 14.1. The van der Waals surface area contributed by atoms with Crippen LogP contribution in [0.5, 0.6) is 0 Å². The summed E-state index contributed by atoms with van der Waals surface area (Å²) in [6.45, 7) is 4.51. The van der Waals surface area contributed by atoms with Gasteiger partial charge in [0.05, 0.1) is 25.6 Å². The van der Waals surface area contributed by atoms with Crippen LogP contribution in [0, 0.1) is 38.7 Å². The number of carbonyl (C=O) groups is 5. The largest absolute Gasteiger partial charge is 0.509 e. The number of carbonyl (C=O) groups excluding carboxylic acids is 5. The number of aliphatic hydroxyl groups excluding tert-OH is 1. The molecular weight excluding hydrogens is 654 g/mol. The molecule has 1 N–H and O–H groups in total. The van der Waals surface area contributed by atoms with Crippen LogP contribution < -0.4 is 0 Å². The van der Waals surface area contributed by atoms with Gasteiger partial charge >= 0.3 is 18.1 Å². The Balaban J connectivity index is 1.21. The average molecular weight is 698 g/mol. The van der Waals surface area contributed by atoms with Gasteiger partial charge in [0.25, 0.3) is 5.09 Å². The lowest BCUT2D eigenvalue weighted by Gasteiger charge is -2.59. The van der Waals surface area contributed by atoms with Crippen LogP contribution in [-0.4, -0.2) is 64.8 Å². The molecule has 1 aromatic rings. The Morgan fingerprint density at radius 1 is 0.980 bits per heavy atom. The van der Waals surface area contributed by atoms with Crippen LogP contribution >= 0.6 is 0 Å². The Morgan fingerprint density at radius 2 is 1.64 bits per heavy atom. The van der Waals surface area contributed by atoms with Crippen molar-refractivity contribution in [2.24, 2.45) is 28.6 Å². The molecule has 0 aromatic heterocycles. The van der Waals surface area contributed by atoms with Gasteiger partial charge in [-0.25, -0.2) is 4.79 Å². The molecule has 0 amide bonds. The SMILES string of the molecule is CCOC(=O)O[C@]1(C(=O)COC(=O)CCC(=O)OCc2ccc(CO[N+](=O)[O-])cc2)CCC2C3CCC4=CC(=O)C=C[C@]4(C)C3[C@@H](O)C[C@@]21C. The van der Waals surface area contributed by atoms with E-state index < -0.39 is 58.1 Å². The van der Waals surface area contributed by atoms with Crippen molar-refractivity contribution < 1.29 is 58.0 Å². The van der Waals surface area contributed by atoms with Gasteiger partial charge in [-0.2, -0.15) is 0 Å². The number of ether oxygens (including phenoxy) is 4. The molecule has 14 nitrogen and oxygen atoms in total. The molecule has 270 valence electrons. The van der Waals surface area contributed by atoms with Crippen molar-refractivity contribution in [3.63, 3.8) is 0 Å². The summed E-state index contributed by atoms with van der Waals surface area (Å²) in [5.41, 5.74) is -1.08. The number of esters is 2. The number of benzene rings is 1. The van der Waals surface area contributed by atoms with E-state index in [9.17, 15) is 39.2 Å². The van der Waals surface area contributed by atoms with E-state index in [1.807, 2.05) is 19.9 Å². The first-order chi connectivity index (χ1) is 23.7. The lowest BCUT2D eigenvalue weighted by atomic mass is 9.46. The zero-order chi connectivity index (χ0) is 36.3. The Kier molecular flexibility index (Phi) is 10.8. The first-order valence-corrected chi connectivity index (χ1v) is 16.9. The third-order valence-electron chi connectivity index (χ3n) is 11.2. The predicted octanol–water partition coefficient (Wildman–Crippen LogP) is 4.52. The molecule has 14 heteroatoms. The lowest BCUT2D eigenvalue weighted by molar-refractivity contribution is -0.763. The Morgan fingerprint density at radius 3 is 2.30 bits per heavy atom. The highest BCUT2D eigenvalue weighted by molar-refractivity contribution is 6.01. The quantitative estimate of drug-likeness (QED) is 0.131. The van der Waals surface area contributed by atoms with Crippen molar-refractivity contribution in [1.29, 1.82) is 0 Å². The minimum absolute atomic E-state index is 0.0182. The van der Waals surface area contributed by atoms with E-state index in [2.05, 4.69) is 4.84 Å². The summed E-state index contributed by atoms with van der Waals surface area (Å²) in [5.74, 6) is -2.55. The summed E-state index contributed by atoms with van der Waals surface area (Å²) in [7, 11) is 0. The molecule has 1 aromatic carbocycles. The number of Topliss-reactive ketones (excluding diaryl/α,β-unsaturated/α-hetero) is 1. The smallest absolute Gasteiger partial charge is 0.461 e. The molecular formula is C36H43NO13. The van der Waals surface area contributed by atoms with Crippen LogP contribution in [0.4, 0.5) is 4.79 Å². The van der Waals surface area contributed by atoms with Crippen LogP contribution in [0.3, 0.4) is 0 Å². The highest BCUT2D eigenvalue weighted by atomic mass is 16.9. The van der Waals surface area contributed by atoms with E-state index >= 15 is 0 Å². The fraction of sp³-hybridized carbons (Fsp3) is 0.583. The molecule has 7 atom stereocenters. The second-order valence-corrected chi connectivity index (χ2v) is 13.9. The summed E-state index contributed by atoms with van der Waals surface area (Å²) in [5, 5.41) is 21.2. The van der Waals surface area contributed by atoms with Gasteiger partial charge in [0.15, 0.2) is 18.0 Å². The molecule has 4 aliphatic rings. The van der Waals surface area contributed by atoms with Gasteiger partial charge in [0, 0.05) is 16.7 Å². The van der Waals surface area contributed by atoms with Gasteiger partial charge in [-0.1, -0.05) is 49.8 Å². The standard InChI is InChI=1S/C36H43NO13/c1-4-46-33(43)50-36(16-14-27-26-10-9-24-17-25(38)13-15-34(24,2)32(26)28(39)18-35(27,36)3)29(40)21-48-31(42)12-11-30(41)47-19-22-5-7-23(8-6-22)20-49-37(44)45/h5-8,13,15,17,26-28,32,39H,4,9-12,14,16,18-21H2,1-3H3/t26?,27?,28-,32?,34-,35-,36-/m0/s1. The molecule has 0 saturated heterocycles. The zero-order valence-corrected chi connectivity index (χ0v) is 28.4. The van der Waals surface area contributed by atoms with Crippen LogP contribution in [-0.2, 0) is 56.2 Å². The lowest BCUT2D eigenvalue weighted by Crippen LogP contribution is -2.63. The predicted molar refractivity (Wildman–Crippen MR) is 172 cm³/mol. The van der Waals surface area contributed by atoms with Crippen molar-refractivity contribution in [2.75, 3.05) is 13.2 Å². The van der Waals surface area contributed by atoms with Crippen molar-refractivity contribution >= 4 is 29.7 Å². The monoisotopic (exact) mass is 697 g/mol. The number of hydrogen-bond donors (Lipinski definition) is 1. The normalized spacial score (nSPS) is 30.9. The Bertz CT molecular complexity index is 1580. The molecule has 50 heavy (non-hydrogen) atoms. The van der Waals surface area contributed by atoms with Crippen molar-refractivity contribution in [3.05, 3.63) is 69.3 Å². The van der Waals surface area contributed by atoms with Gasteiger partial charge in [-0.15, -0.1) is 10.1 Å². The molecule has 4 aliphatic carbocycles. The first kappa shape index (κ1) is 36.7. The topological polar surface area (TPSA) is 195 Å². The number of fused-ring (bicyclic) bond motifs is 5. The highest BCUT2D eigenvalue weighted by Crippen LogP contribution is 2.68. The molecule has 0 aliphatic heterocycles. The summed E-state index contributed by atoms with van der Waals surface area (Å²) < 4.78 is 21.5. The second-order valence-electron chi connectivity index (χ2n) is 13.9. The zero-order valence-electron chi connectivity index (χ0n) is 28.4. The number of allylic oxidation sites excluding steroid dienone is 4. The van der Waals surface area contributed by atoms with E-state index in [0.29, 0.717) is 30.4 Å². The summed E-state index contributed by atoms with van der Waals surface area (Å²) in [6, 6.07) is 6.44. The van der Waals surface area contributed by atoms with Gasteiger partial charge < -0.3 is 28.9 Å². The van der Waals surface area contributed by atoms with E-state index in [-0.39, 0.29) is 69.0 Å². The molecule has 3 saturated carbocycles. The maximum absolute atomic E-state index is 14.1. The van der Waals surface area contributed by atoms with E-state index in [1.165, 1.54) is 0 Å². The van der Waals surface area contributed by atoms with Gasteiger partial charge in [0.1, 0.15) is 13.2 Å². The molecule has 0 bridgehead atoms. The third kappa shape index (κ3) is 7.16. The van der Waals surface area contributed by atoms with Crippen LogP contribution in [0.1, 0.15) is 76.8 Å². The molecule has 0 spiro atoms. The van der Waals surface area contributed by atoms with E-state index in [1.54, 1.807) is 43.3 Å². The fourth-order valence-electron chi connectivity index (χ4n) is 8.92. The average Bonchev–Trinajstić information content (AvgIpc) is 3.36. The Labute approximate surface area is 289 Å². The van der Waals surface area contributed by atoms with E-state index in [4.69, 9.17) is 18.9 Å². The summed E-state index contributed by atoms with van der Waals surface area (Å²) in [4.78, 5) is 78.7. The van der Waals surface area contributed by atoms with Gasteiger partial charge in [-0.05, 0) is 74.1 Å². The molecule has 0 heterocycles. The highest BCUT2D eigenvalue weighted by Gasteiger charge is 2.70. The summed E-state index contributed by atoms with van der Waals surface area (Å²) >= 11 is 0. The van der Waals surface area contributed by atoms with Crippen molar-refractivity contribution in [1.82, 2.24) is 0 Å². The number of hydrogen-bond acceptors (Lipinski definition) is 13. The van der Waals surface area contributed by atoms with Gasteiger partial charge in [0.2, 0.25) is 5.78 Å². The van der Waals surface area contributed by atoms with Crippen molar-refractivity contribution in [3.8, 4) is 0 Å². The molecule has 3 unspecified atom stereocenters. The molecule has 0 radical (unpaired) electrons. The summed E-state index contributed by atoms with van der Waals surface area (Å²) in [6.07, 6.45) is 4.73. The van der Waals surface area contributed by atoms with Crippen LogP contribution in [0.2, 0.25) is 0 Å². The number of rotatable bonds is 13. The number of ketones is 2. The van der Waals surface area contributed by atoms with E-state index in [0.717, 1.165) is 5.57 Å². The maximum Gasteiger partial charge on any atom is 0.509 e. The third-order valence-corrected chi connectivity index (χ3v) is 11.2. The first-order valence-electron chi connectivity index (χ1n) is 16.9. The minimum atomic E-state index is -1.73. The fourth-order valence-corrected chi connectivity index (χ4v) is 8.92. The van der Waals surface area contributed by atoms with Crippen LogP contribution in [0.25, 0.3) is 0 Å².